The van der Waals surface area contributed by atoms with Crippen molar-refractivity contribution in [3.8, 4) is 0 Å². The van der Waals surface area contributed by atoms with E-state index in [-0.39, 0.29) is 6.61 Å². The van der Waals surface area contributed by atoms with Gasteiger partial charge in [-0.05, 0) is 17.7 Å². The van der Waals surface area contributed by atoms with Crippen molar-refractivity contribution in [1.29, 1.82) is 0 Å². The fraction of sp³-hybridized carbons (Fsp3) is 0.500. The van der Waals surface area contributed by atoms with Crippen LogP contribution in [-0.4, -0.2) is 38.5 Å². The molecule has 1 aromatic carbocycles. The van der Waals surface area contributed by atoms with Crippen LogP contribution in [0.2, 0.25) is 0 Å². The van der Waals surface area contributed by atoms with Gasteiger partial charge in [0.15, 0.2) is 0 Å². The van der Waals surface area contributed by atoms with Crippen LogP contribution in [-0.2, 0) is 11.3 Å². The third-order valence-corrected chi connectivity index (χ3v) is 2.45. The minimum absolute atomic E-state index is 0.135. The van der Waals surface area contributed by atoms with Crippen LogP contribution in [0, 0.1) is 0 Å². The van der Waals surface area contributed by atoms with Crippen LogP contribution in [0.3, 0.4) is 0 Å². The quantitative estimate of drug-likeness (QED) is 0.711. The first-order valence-electron chi connectivity index (χ1n) is 5.45. The number of aliphatic hydroxyl groups is 1. The van der Waals surface area contributed by atoms with Gasteiger partial charge < -0.3 is 20.5 Å². The standard InChI is InChI=1S/C12H20N2O2/c1-16-8-6-14(5-7-15)12-4-2-3-11(9-12)10-13/h2-4,9,15H,5-8,10,13H2,1H3. The van der Waals surface area contributed by atoms with Crippen molar-refractivity contribution in [2.24, 2.45) is 5.73 Å². The molecular formula is C12H20N2O2. The van der Waals surface area contributed by atoms with Gasteiger partial charge in [0, 0.05) is 32.4 Å². The van der Waals surface area contributed by atoms with Crippen LogP contribution in [0.4, 0.5) is 5.69 Å². The second kappa shape index (κ2) is 7.22. The number of nitrogens with two attached hydrogens (primary N) is 1. The van der Waals surface area contributed by atoms with Gasteiger partial charge in [0.1, 0.15) is 0 Å². The molecule has 16 heavy (non-hydrogen) atoms. The Morgan fingerprint density at radius 2 is 2.19 bits per heavy atom. The van der Waals surface area contributed by atoms with Gasteiger partial charge in [0.25, 0.3) is 0 Å². The van der Waals surface area contributed by atoms with Gasteiger partial charge in [-0.25, -0.2) is 0 Å². The summed E-state index contributed by atoms with van der Waals surface area (Å²) in [6.45, 7) is 2.69. The van der Waals surface area contributed by atoms with E-state index in [1.807, 2.05) is 24.3 Å². The van der Waals surface area contributed by atoms with E-state index in [1.54, 1.807) is 7.11 Å². The summed E-state index contributed by atoms with van der Waals surface area (Å²) in [5, 5.41) is 9.02. The monoisotopic (exact) mass is 224 g/mol. The summed E-state index contributed by atoms with van der Waals surface area (Å²) in [6, 6.07) is 8.04. The predicted molar refractivity (Wildman–Crippen MR) is 65.5 cm³/mol. The summed E-state index contributed by atoms with van der Waals surface area (Å²) < 4.78 is 5.05. The summed E-state index contributed by atoms with van der Waals surface area (Å²) >= 11 is 0. The van der Waals surface area contributed by atoms with Crippen LogP contribution in [0.5, 0.6) is 0 Å². The summed E-state index contributed by atoms with van der Waals surface area (Å²) in [5.41, 5.74) is 7.77. The highest BCUT2D eigenvalue weighted by molar-refractivity contribution is 5.48. The van der Waals surface area contributed by atoms with Crippen LogP contribution in [0.25, 0.3) is 0 Å². The molecule has 0 aliphatic heterocycles. The fourth-order valence-corrected chi connectivity index (χ4v) is 1.57. The van der Waals surface area contributed by atoms with Gasteiger partial charge in [-0.2, -0.15) is 0 Å². The van der Waals surface area contributed by atoms with E-state index in [9.17, 15) is 0 Å². The molecule has 0 fully saturated rings. The summed E-state index contributed by atoms with van der Waals surface area (Å²) in [7, 11) is 1.67. The lowest BCUT2D eigenvalue weighted by atomic mass is 10.2. The average Bonchev–Trinajstić information content (AvgIpc) is 2.34. The van der Waals surface area contributed by atoms with Gasteiger partial charge in [0.05, 0.1) is 13.2 Å². The maximum Gasteiger partial charge on any atom is 0.0637 e. The highest BCUT2D eigenvalue weighted by Gasteiger charge is 2.05. The number of hydrogen-bond acceptors (Lipinski definition) is 4. The van der Waals surface area contributed by atoms with Crippen LogP contribution in [0.1, 0.15) is 5.56 Å². The smallest absolute Gasteiger partial charge is 0.0637 e. The molecule has 0 aliphatic carbocycles. The zero-order chi connectivity index (χ0) is 11.8. The fourth-order valence-electron chi connectivity index (χ4n) is 1.57. The number of aliphatic hydroxyl groups excluding tert-OH is 1. The Morgan fingerprint density at radius 1 is 1.38 bits per heavy atom. The van der Waals surface area contributed by atoms with Crippen molar-refractivity contribution in [2.75, 3.05) is 38.3 Å². The second-order valence-corrected chi connectivity index (χ2v) is 3.58. The topological polar surface area (TPSA) is 58.7 Å². The minimum Gasteiger partial charge on any atom is -0.395 e. The Kier molecular flexibility index (Phi) is 5.85. The lowest BCUT2D eigenvalue weighted by molar-refractivity contribution is 0.203. The first kappa shape index (κ1) is 13.0. The first-order valence-corrected chi connectivity index (χ1v) is 5.45. The Hall–Kier alpha value is -1.10. The normalized spacial score (nSPS) is 10.4. The van der Waals surface area contributed by atoms with Crippen molar-refractivity contribution in [2.45, 2.75) is 6.54 Å². The maximum atomic E-state index is 9.02. The molecule has 0 bridgehead atoms. The minimum atomic E-state index is 0.135. The molecule has 90 valence electrons. The molecule has 0 spiro atoms. The summed E-state index contributed by atoms with van der Waals surface area (Å²) in [6.07, 6.45) is 0. The average molecular weight is 224 g/mol. The van der Waals surface area contributed by atoms with Gasteiger partial charge in [-0.3, -0.25) is 0 Å². The molecule has 0 unspecified atom stereocenters. The van der Waals surface area contributed by atoms with Gasteiger partial charge in [-0.1, -0.05) is 12.1 Å². The molecule has 3 N–H and O–H groups in total. The third kappa shape index (κ3) is 3.81. The van der Waals surface area contributed by atoms with Crippen LogP contribution in [0.15, 0.2) is 24.3 Å². The Labute approximate surface area is 96.6 Å². The largest absolute Gasteiger partial charge is 0.395 e. The summed E-state index contributed by atoms with van der Waals surface area (Å²) in [5.74, 6) is 0. The van der Waals surface area contributed by atoms with Crippen molar-refractivity contribution < 1.29 is 9.84 Å². The molecule has 1 rings (SSSR count). The number of benzene rings is 1. The Balaban J connectivity index is 2.73. The van der Waals surface area contributed by atoms with E-state index >= 15 is 0 Å². The highest BCUT2D eigenvalue weighted by Crippen LogP contribution is 2.15. The predicted octanol–water partition coefficient (Wildman–Crippen LogP) is 0.590. The molecule has 0 heterocycles. The van der Waals surface area contributed by atoms with Crippen molar-refractivity contribution in [3.63, 3.8) is 0 Å². The lowest BCUT2D eigenvalue weighted by Gasteiger charge is -2.24. The van der Waals surface area contributed by atoms with E-state index < -0.39 is 0 Å². The lowest BCUT2D eigenvalue weighted by Crippen LogP contribution is -2.30. The number of methoxy groups -OCH3 is 1. The number of hydrogen-bond donors (Lipinski definition) is 2. The van der Waals surface area contributed by atoms with Crippen molar-refractivity contribution >= 4 is 5.69 Å². The van der Waals surface area contributed by atoms with E-state index in [0.717, 1.165) is 17.8 Å². The van der Waals surface area contributed by atoms with Gasteiger partial charge in [-0.15, -0.1) is 0 Å². The second-order valence-electron chi connectivity index (χ2n) is 3.58. The zero-order valence-electron chi connectivity index (χ0n) is 9.72. The Morgan fingerprint density at radius 3 is 2.81 bits per heavy atom. The van der Waals surface area contributed by atoms with Crippen LogP contribution < -0.4 is 10.6 Å². The molecule has 0 saturated carbocycles. The van der Waals surface area contributed by atoms with E-state index in [2.05, 4.69) is 4.90 Å². The van der Waals surface area contributed by atoms with E-state index in [0.29, 0.717) is 19.7 Å². The highest BCUT2D eigenvalue weighted by atomic mass is 16.5. The van der Waals surface area contributed by atoms with Gasteiger partial charge >= 0.3 is 0 Å². The molecule has 0 amide bonds. The molecule has 1 aromatic rings. The van der Waals surface area contributed by atoms with Crippen molar-refractivity contribution in [1.82, 2.24) is 0 Å². The number of rotatable bonds is 7. The molecule has 4 heteroatoms. The molecule has 0 aromatic heterocycles. The number of ether oxygens (including phenoxy) is 1. The number of anilines is 1. The van der Waals surface area contributed by atoms with Gasteiger partial charge in [0.2, 0.25) is 0 Å². The molecule has 4 nitrogen and oxygen atoms in total. The van der Waals surface area contributed by atoms with E-state index in [1.165, 1.54) is 0 Å². The molecule has 0 aliphatic rings. The summed E-state index contributed by atoms with van der Waals surface area (Å²) in [4.78, 5) is 2.09. The SMILES string of the molecule is COCCN(CCO)c1cccc(CN)c1. The Bertz CT molecular complexity index is 305. The van der Waals surface area contributed by atoms with Crippen LogP contribution >= 0.6 is 0 Å². The number of nitrogens with zero attached hydrogens (tertiary/aromatic N) is 1. The van der Waals surface area contributed by atoms with Crippen molar-refractivity contribution in [3.05, 3.63) is 29.8 Å². The van der Waals surface area contributed by atoms with E-state index in [4.69, 9.17) is 15.6 Å². The molecular weight excluding hydrogens is 204 g/mol. The first-order chi connectivity index (χ1) is 7.81. The third-order valence-electron chi connectivity index (χ3n) is 2.45. The zero-order valence-corrected chi connectivity index (χ0v) is 9.72. The maximum absolute atomic E-state index is 9.02. The molecule has 0 radical (unpaired) electrons. The molecule has 0 saturated heterocycles. The molecule has 0 atom stereocenters.